The first-order chi connectivity index (χ1) is 47.3. The number of ether oxygens (including phenoxy) is 4. The summed E-state index contributed by atoms with van der Waals surface area (Å²) >= 11 is 0. The number of phosphoric acid groups is 2. The standard InChI is InChI=1S/C79H154O17P2/c1-8-10-11-43-53-60-76(81)89-66-74(95-78(83)63-56-49-42-36-30-24-26-32-38-45-51-58-71(5)6)68-93-97(85,86)91-64-73(80)65-92-98(87,88)94-69-75(67-90-77(82)61-54-47-40-34-28-22-19-18-20-25-31-37-44-50-57-70(3)4)96-79(84)62-55-48-41-35-29-23-17-15-13-12-14-16-21-27-33-39-46-52-59-72(7)9-2/h70-75,80H,8-69H2,1-7H3,(H,85,86)(H,87,88)/t72?,73-,74+,75+/m0/s1. The SMILES string of the molecule is CCCCCCCC(=O)OC[C@H](COP(=O)(O)OC[C@H](O)COP(=O)(O)OC[C@@H](COC(=O)CCCCCCCCCCCCCCCCC(C)C)OC(=O)CCCCCCCCCCCCCCCCCCCCC(C)CC)OC(=O)CCCCCCCCCCCCCC(C)C. The lowest BCUT2D eigenvalue weighted by atomic mass is 9.99. The van der Waals surface area contributed by atoms with Crippen LogP contribution in [-0.4, -0.2) is 96.7 Å². The summed E-state index contributed by atoms with van der Waals surface area (Å²) in [7, 11) is -9.91. The van der Waals surface area contributed by atoms with Gasteiger partial charge in [0.1, 0.15) is 19.3 Å². The van der Waals surface area contributed by atoms with Gasteiger partial charge in [-0.05, 0) is 43.4 Å². The maximum Gasteiger partial charge on any atom is 0.472 e. The van der Waals surface area contributed by atoms with Crippen molar-refractivity contribution in [3.8, 4) is 0 Å². The monoisotopic (exact) mass is 1440 g/mol. The van der Waals surface area contributed by atoms with Crippen molar-refractivity contribution in [1.29, 1.82) is 0 Å². The molecule has 17 nitrogen and oxygen atoms in total. The Morgan fingerprint density at radius 3 is 0.776 bits per heavy atom. The minimum atomic E-state index is -4.96. The highest BCUT2D eigenvalue weighted by Gasteiger charge is 2.30. The van der Waals surface area contributed by atoms with Crippen LogP contribution in [0.2, 0.25) is 0 Å². The van der Waals surface area contributed by atoms with Crippen molar-refractivity contribution in [2.24, 2.45) is 17.8 Å². The average molecular weight is 1440 g/mol. The van der Waals surface area contributed by atoms with E-state index in [0.29, 0.717) is 25.7 Å². The van der Waals surface area contributed by atoms with Gasteiger partial charge in [0.05, 0.1) is 26.4 Å². The molecule has 582 valence electrons. The summed E-state index contributed by atoms with van der Waals surface area (Å²) in [4.78, 5) is 72.6. The van der Waals surface area contributed by atoms with Gasteiger partial charge in [-0.15, -0.1) is 0 Å². The van der Waals surface area contributed by atoms with Gasteiger partial charge in [0.25, 0.3) is 0 Å². The van der Waals surface area contributed by atoms with E-state index in [2.05, 4.69) is 48.5 Å². The highest BCUT2D eigenvalue weighted by Crippen LogP contribution is 2.45. The van der Waals surface area contributed by atoms with Crippen LogP contribution in [0.1, 0.15) is 408 Å². The quantitative estimate of drug-likeness (QED) is 0.0222. The van der Waals surface area contributed by atoms with Crippen molar-refractivity contribution in [1.82, 2.24) is 0 Å². The number of aliphatic hydroxyl groups excluding tert-OH is 1. The molecule has 0 saturated heterocycles. The maximum atomic E-state index is 13.1. The molecule has 3 unspecified atom stereocenters. The molecule has 0 amide bonds. The molecule has 0 saturated carbocycles. The highest BCUT2D eigenvalue weighted by atomic mass is 31.2. The molecule has 6 atom stereocenters. The first-order valence-corrected chi connectivity index (χ1v) is 43.9. The first-order valence-electron chi connectivity index (χ1n) is 40.9. The van der Waals surface area contributed by atoms with E-state index in [1.54, 1.807) is 0 Å². The van der Waals surface area contributed by atoms with E-state index >= 15 is 0 Å². The molecule has 19 heteroatoms. The summed E-state index contributed by atoms with van der Waals surface area (Å²) in [6.45, 7) is 11.9. The van der Waals surface area contributed by atoms with Gasteiger partial charge in [-0.3, -0.25) is 37.3 Å². The van der Waals surface area contributed by atoms with E-state index in [9.17, 15) is 43.2 Å². The van der Waals surface area contributed by atoms with Crippen molar-refractivity contribution in [2.75, 3.05) is 39.6 Å². The topological polar surface area (TPSA) is 237 Å². The van der Waals surface area contributed by atoms with Crippen LogP contribution in [0.25, 0.3) is 0 Å². The number of hydrogen-bond donors (Lipinski definition) is 3. The third kappa shape index (κ3) is 71.1. The van der Waals surface area contributed by atoms with Gasteiger partial charge in [0.2, 0.25) is 0 Å². The molecule has 0 radical (unpaired) electrons. The van der Waals surface area contributed by atoms with E-state index in [1.807, 2.05) is 0 Å². The van der Waals surface area contributed by atoms with Crippen molar-refractivity contribution >= 4 is 39.5 Å². The highest BCUT2D eigenvalue weighted by molar-refractivity contribution is 7.47. The normalized spacial score (nSPS) is 14.3. The van der Waals surface area contributed by atoms with Gasteiger partial charge < -0.3 is 33.8 Å². The predicted molar refractivity (Wildman–Crippen MR) is 400 cm³/mol. The molecule has 0 fully saturated rings. The fourth-order valence-electron chi connectivity index (χ4n) is 12.1. The van der Waals surface area contributed by atoms with Gasteiger partial charge in [0.15, 0.2) is 12.2 Å². The van der Waals surface area contributed by atoms with Crippen molar-refractivity contribution in [2.45, 2.75) is 426 Å². The fourth-order valence-corrected chi connectivity index (χ4v) is 13.7. The second kappa shape index (κ2) is 69.4. The Morgan fingerprint density at radius 2 is 0.520 bits per heavy atom. The summed E-state index contributed by atoms with van der Waals surface area (Å²) in [5.41, 5.74) is 0. The Hall–Kier alpha value is -1.94. The molecule has 0 aromatic rings. The second-order valence-corrected chi connectivity index (χ2v) is 32.6. The summed E-state index contributed by atoms with van der Waals surface area (Å²) in [5.74, 6) is 0.310. The van der Waals surface area contributed by atoms with E-state index in [0.717, 1.165) is 114 Å². The molecule has 0 aromatic heterocycles. The zero-order valence-electron chi connectivity index (χ0n) is 64.3. The number of hydrogen-bond acceptors (Lipinski definition) is 15. The van der Waals surface area contributed by atoms with Crippen molar-refractivity contribution in [3.63, 3.8) is 0 Å². The van der Waals surface area contributed by atoms with E-state index < -0.39 is 97.5 Å². The van der Waals surface area contributed by atoms with Gasteiger partial charge in [-0.25, -0.2) is 9.13 Å². The van der Waals surface area contributed by atoms with Gasteiger partial charge in [0, 0.05) is 25.7 Å². The molecule has 0 heterocycles. The molecule has 0 aliphatic carbocycles. The zero-order valence-corrected chi connectivity index (χ0v) is 66.0. The molecular weight excluding hydrogens is 1280 g/mol. The van der Waals surface area contributed by atoms with Gasteiger partial charge >= 0.3 is 39.5 Å². The smallest absolute Gasteiger partial charge is 0.462 e. The molecule has 0 spiro atoms. The first kappa shape index (κ1) is 96.1. The number of phosphoric ester groups is 2. The number of unbranched alkanes of at least 4 members (excludes halogenated alkanes) is 44. The maximum absolute atomic E-state index is 13.1. The summed E-state index contributed by atoms with van der Waals surface area (Å²) < 4.78 is 68.4. The molecular formula is C79H154O17P2. The minimum Gasteiger partial charge on any atom is -0.462 e. The zero-order chi connectivity index (χ0) is 72.3. The van der Waals surface area contributed by atoms with Crippen LogP contribution in [0.3, 0.4) is 0 Å². The Bertz CT molecular complexity index is 1910. The lowest BCUT2D eigenvalue weighted by Crippen LogP contribution is -2.30. The Morgan fingerprint density at radius 1 is 0.296 bits per heavy atom. The Balaban J connectivity index is 5.12. The molecule has 0 aliphatic rings. The summed E-state index contributed by atoms with van der Waals surface area (Å²) in [6.07, 6.45) is 57.3. The lowest BCUT2D eigenvalue weighted by molar-refractivity contribution is -0.161. The molecule has 0 bridgehead atoms. The third-order valence-electron chi connectivity index (χ3n) is 18.7. The molecule has 0 aliphatic heterocycles. The van der Waals surface area contributed by atoms with E-state index in [-0.39, 0.29) is 25.7 Å². The number of carbonyl (C=O) groups excluding carboxylic acids is 4. The predicted octanol–water partition coefficient (Wildman–Crippen LogP) is 23.4. The Labute approximate surface area is 600 Å². The number of aliphatic hydroxyl groups is 1. The van der Waals surface area contributed by atoms with Crippen LogP contribution >= 0.6 is 15.6 Å². The molecule has 3 N–H and O–H groups in total. The van der Waals surface area contributed by atoms with Crippen LogP contribution in [0, 0.1) is 17.8 Å². The summed E-state index contributed by atoms with van der Waals surface area (Å²) in [5, 5.41) is 10.6. The minimum absolute atomic E-state index is 0.105. The van der Waals surface area contributed by atoms with Crippen molar-refractivity contribution < 1.29 is 80.2 Å². The van der Waals surface area contributed by atoms with Crippen LogP contribution in [-0.2, 0) is 65.4 Å². The Kier molecular flexibility index (Phi) is 68.1. The number of esters is 4. The van der Waals surface area contributed by atoms with Gasteiger partial charge in [-0.2, -0.15) is 0 Å². The van der Waals surface area contributed by atoms with Crippen LogP contribution < -0.4 is 0 Å². The third-order valence-corrected chi connectivity index (χ3v) is 20.6. The van der Waals surface area contributed by atoms with Crippen molar-refractivity contribution in [3.05, 3.63) is 0 Å². The second-order valence-electron chi connectivity index (χ2n) is 29.6. The molecule has 0 aromatic carbocycles. The van der Waals surface area contributed by atoms with Crippen LogP contribution in [0.15, 0.2) is 0 Å². The van der Waals surface area contributed by atoms with Crippen LogP contribution in [0.5, 0.6) is 0 Å². The average Bonchev–Trinajstić information content (AvgIpc) is 1.07. The molecule has 98 heavy (non-hydrogen) atoms. The lowest BCUT2D eigenvalue weighted by Gasteiger charge is -2.21. The number of carbonyl (C=O) groups is 4. The van der Waals surface area contributed by atoms with Gasteiger partial charge in [-0.1, -0.05) is 357 Å². The largest absolute Gasteiger partial charge is 0.472 e. The van der Waals surface area contributed by atoms with E-state index in [4.69, 9.17) is 37.0 Å². The summed E-state index contributed by atoms with van der Waals surface area (Å²) in [6, 6.07) is 0. The molecule has 0 rings (SSSR count). The van der Waals surface area contributed by atoms with Crippen LogP contribution in [0.4, 0.5) is 0 Å². The fraction of sp³-hybridized carbons (Fsp3) is 0.949. The van der Waals surface area contributed by atoms with E-state index in [1.165, 1.54) is 212 Å². The number of rotatable bonds is 77.